The van der Waals surface area contributed by atoms with Crippen molar-refractivity contribution >= 4 is 21.8 Å². The second kappa shape index (κ2) is 9.74. The Balaban J connectivity index is 2.38. The monoisotopic (exact) mass is 453 g/mol. The molecule has 32 heavy (non-hydrogen) atoms. The van der Waals surface area contributed by atoms with Crippen LogP contribution in [-0.4, -0.2) is 38.6 Å². The number of hydrogen-bond acceptors (Lipinski definition) is 7. The highest BCUT2D eigenvalue weighted by Gasteiger charge is 2.33. The standard InChI is InChI=1S/C24H23NO6S/c1-4-30-23(26)19-15-20(17-9-7-6-8-10-17)25-22(21(19)24(27)31-5-2)32(28,29)18-13-11-16(3)12-14-18/h6-15H,4-5H2,1-3H3. The molecule has 3 rings (SSSR count). The van der Waals surface area contributed by atoms with Gasteiger partial charge in [-0.2, -0.15) is 0 Å². The number of rotatable bonds is 7. The van der Waals surface area contributed by atoms with Gasteiger partial charge in [-0.1, -0.05) is 48.0 Å². The third-order valence-electron chi connectivity index (χ3n) is 4.62. The SMILES string of the molecule is CCOC(=O)c1cc(-c2ccccc2)nc(S(=O)(=O)c2ccc(C)cc2)c1C(=O)OCC. The van der Waals surface area contributed by atoms with Crippen molar-refractivity contribution in [3.63, 3.8) is 0 Å². The van der Waals surface area contributed by atoms with Crippen LogP contribution >= 0.6 is 0 Å². The first kappa shape index (κ1) is 23.1. The first-order valence-corrected chi connectivity index (χ1v) is 11.5. The summed E-state index contributed by atoms with van der Waals surface area (Å²) in [5.41, 5.74) is 1.00. The van der Waals surface area contributed by atoms with Crippen molar-refractivity contribution in [2.75, 3.05) is 13.2 Å². The minimum atomic E-state index is -4.27. The Hall–Kier alpha value is -3.52. The summed E-state index contributed by atoms with van der Waals surface area (Å²) in [4.78, 5) is 29.9. The minimum Gasteiger partial charge on any atom is -0.462 e. The summed E-state index contributed by atoms with van der Waals surface area (Å²) in [7, 11) is -4.27. The normalized spacial score (nSPS) is 11.1. The van der Waals surface area contributed by atoms with E-state index in [1.165, 1.54) is 18.2 Å². The Morgan fingerprint density at radius 3 is 2.06 bits per heavy atom. The molecule has 3 aromatic rings. The molecule has 0 saturated heterocycles. The van der Waals surface area contributed by atoms with Crippen molar-refractivity contribution in [2.45, 2.75) is 30.7 Å². The van der Waals surface area contributed by atoms with Gasteiger partial charge < -0.3 is 9.47 Å². The van der Waals surface area contributed by atoms with Crippen molar-refractivity contribution in [3.05, 3.63) is 77.4 Å². The molecule has 0 aliphatic carbocycles. The molecular formula is C24H23NO6S. The highest BCUT2D eigenvalue weighted by atomic mass is 32.2. The van der Waals surface area contributed by atoms with E-state index < -0.39 is 32.4 Å². The molecule has 8 heteroatoms. The Labute approximate surface area is 186 Å². The molecule has 0 aliphatic heterocycles. The van der Waals surface area contributed by atoms with Gasteiger partial charge in [0.1, 0.15) is 5.56 Å². The number of carbonyl (C=O) groups excluding carboxylic acids is 2. The van der Waals surface area contributed by atoms with E-state index in [0.717, 1.165) is 5.56 Å². The Kier molecular flexibility index (Phi) is 7.05. The fourth-order valence-electron chi connectivity index (χ4n) is 3.07. The fraction of sp³-hybridized carbons (Fsp3) is 0.208. The maximum absolute atomic E-state index is 13.6. The van der Waals surface area contributed by atoms with Crippen molar-refractivity contribution in [2.24, 2.45) is 0 Å². The van der Waals surface area contributed by atoms with Gasteiger partial charge in [-0.25, -0.2) is 23.0 Å². The summed E-state index contributed by atoms with van der Waals surface area (Å²) in [6.45, 7) is 5.07. The summed E-state index contributed by atoms with van der Waals surface area (Å²) in [5.74, 6) is -1.80. The van der Waals surface area contributed by atoms with Crippen LogP contribution in [0.25, 0.3) is 11.3 Å². The van der Waals surface area contributed by atoms with Gasteiger partial charge in [0.15, 0.2) is 5.03 Å². The van der Waals surface area contributed by atoms with E-state index in [0.29, 0.717) is 5.56 Å². The molecule has 0 saturated carbocycles. The van der Waals surface area contributed by atoms with E-state index in [9.17, 15) is 18.0 Å². The number of carbonyl (C=O) groups is 2. The average Bonchev–Trinajstić information content (AvgIpc) is 2.79. The Morgan fingerprint density at radius 2 is 1.47 bits per heavy atom. The van der Waals surface area contributed by atoms with Crippen LogP contribution in [0.5, 0.6) is 0 Å². The molecule has 1 aromatic heterocycles. The summed E-state index contributed by atoms with van der Waals surface area (Å²) in [6, 6.07) is 16.3. The molecule has 0 radical (unpaired) electrons. The Morgan fingerprint density at radius 1 is 0.875 bits per heavy atom. The number of esters is 2. The van der Waals surface area contributed by atoms with Crippen molar-refractivity contribution in [3.8, 4) is 11.3 Å². The third kappa shape index (κ3) is 4.70. The molecule has 0 unspecified atom stereocenters. The molecule has 0 atom stereocenters. The van der Waals surface area contributed by atoms with Crippen LogP contribution in [0.4, 0.5) is 0 Å². The second-order valence-electron chi connectivity index (χ2n) is 6.86. The lowest BCUT2D eigenvalue weighted by atomic mass is 10.1. The van der Waals surface area contributed by atoms with E-state index >= 15 is 0 Å². The van der Waals surface area contributed by atoms with Gasteiger partial charge in [0, 0.05) is 5.56 Å². The van der Waals surface area contributed by atoms with Gasteiger partial charge in [0.25, 0.3) is 0 Å². The van der Waals surface area contributed by atoms with Crippen molar-refractivity contribution in [1.82, 2.24) is 4.98 Å². The third-order valence-corrected chi connectivity index (χ3v) is 6.31. The van der Waals surface area contributed by atoms with E-state index in [1.807, 2.05) is 6.92 Å². The molecule has 0 fully saturated rings. The molecule has 2 aromatic carbocycles. The zero-order valence-corrected chi connectivity index (χ0v) is 18.8. The van der Waals surface area contributed by atoms with Gasteiger partial charge in [0.05, 0.1) is 29.4 Å². The quantitative estimate of drug-likeness (QED) is 0.493. The molecular weight excluding hydrogens is 430 g/mol. The largest absolute Gasteiger partial charge is 0.462 e. The van der Waals surface area contributed by atoms with Crippen LogP contribution in [0.15, 0.2) is 70.6 Å². The zero-order valence-electron chi connectivity index (χ0n) is 18.0. The van der Waals surface area contributed by atoms with Crippen LogP contribution < -0.4 is 0 Å². The first-order valence-electron chi connectivity index (χ1n) is 10.1. The summed E-state index contributed by atoms with van der Waals surface area (Å²) in [5, 5.41) is -0.552. The van der Waals surface area contributed by atoms with Gasteiger partial charge in [-0.3, -0.25) is 0 Å². The predicted octanol–water partition coefficient (Wildman–Crippen LogP) is 4.24. The zero-order chi connectivity index (χ0) is 23.3. The number of benzene rings is 2. The molecule has 0 amide bonds. The molecule has 7 nitrogen and oxygen atoms in total. The molecule has 1 heterocycles. The molecule has 0 spiro atoms. The summed E-state index contributed by atoms with van der Waals surface area (Å²) < 4.78 is 37.3. The van der Waals surface area contributed by atoms with Crippen molar-refractivity contribution in [1.29, 1.82) is 0 Å². The number of aromatic nitrogens is 1. The number of ether oxygens (including phenoxy) is 2. The van der Waals surface area contributed by atoms with Gasteiger partial charge in [-0.05, 0) is 39.0 Å². The average molecular weight is 454 g/mol. The molecule has 0 N–H and O–H groups in total. The lowest BCUT2D eigenvalue weighted by molar-refractivity contribution is 0.0474. The predicted molar refractivity (Wildman–Crippen MR) is 118 cm³/mol. The van der Waals surface area contributed by atoms with Crippen molar-refractivity contribution < 1.29 is 27.5 Å². The minimum absolute atomic E-state index is 0.00838. The van der Waals surface area contributed by atoms with Gasteiger partial charge in [0.2, 0.25) is 9.84 Å². The van der Waals surface area contributed by atoms with Crippen LogP contribution in [0, 0.1) is 6.92 Å². The highest BCUT2D eigenvalue weighted by Crippen LogP contribution is 2.30. The van der Waals surface area contributed by atoms with E-state index in [4.69, 9.17) is 9.47 Å². The van der Waals surface area contributed by atoms with E-state index in [1.54, 1.807) is 56.3 Å². The number of hydrogen-bond donors (Lipinski definition) is 0. The van der Waals surface area contributed by atoms with E-state index in [-0.39, 0.29) is 29.4 Å². The van der Waals surface area contributed by atoms with E-state index in [2.05, 4.69) is 4.98 Å². The number of sulfone groups is 1. The maximum atomic E-state index is 13.6. The summed E-state index contributed by atoms with van der Waals surface area (Å²) in [6.07, 6.45) is 0. The number of pyridine rings is 1. The smallest absolute Gasteiger partial charge is 0.341 e. The lowest BCUT2D eigenvalue weighted by Crippen LogP contribution is -2.21. The second-order valence-corrected chi connectivity index (χ2v) is 8.72. The van der Waals surface area contributed by atoms with Crippen LogP contribution in [0.2, 0.25) is 0 Å². The molecule has 166 valence electrons. The highest BCUT2D eigenvalue weighted by molar-refractivity contribution is 7.91. The van der Waals surface area contributed by atoms with Gasteiger partial charge in [-0.15, -0.1) is 0 Å². The first-order chi connectivity index (χ1) is 15.3. The van der Waals surface area contributed by atoms with Crippen LogP contribution in [0.3, 0.4) is 0 Å². The van der Waals surface area contributed by atoms with Crippen LogP contribution in [0.1, 0.15) is 40.1 Å². The maximum Gasteiger partial charge on any atom is 0.341 e. The summed E-state index contributed by atoms with van der Waals surface area (Å²) >= 11 is 0. The fourth-order valence-corrected chi connectivity index (χ4v) is 4.47. The number of aryl methyl sites for hydroxylation is 1. The lowest BCUT2D eigenvalue weighted by Gasteiger charge is -2.15. The number of nitrogens with zero attached hydrogens (tertiary/aromatic N) is 1. The Bertz CT molecular complexity index is 1240. The van der Waals surface area contributed by atoms with Crippen LogP contribution in [-0.2, 0) is 19.3 Å². The molecule has 0 bridgehead atoms. The molecule has 0 aliphatic rings. The van der Waals surface area contributed by atoms with Gasteiger partial charge >= 0.3 is 11.9 Å². The topological polar surface area (TPSA) is 99.6 Å².